The number of rotatable bonds is 8. The Hall–Kier alpha value is -1.60. The van der Waals surface area contributed by atoms with Crippen LogP contribution in [0.3, 0.4) is 0 Å². The fraction of sp³-hybridized carbons (Fsp3) is 0.611. The largest absolute Gasteiger partial charge is 0.484 e. The van der Waals surface area contributed by atoms with Crippen LogP contribution in [-0.4, -0.2) is 33.5 Å². The lowest BCUT2D eigenvalue weighted by molar-refractivity contribution is -0.124. The molecule has 1 saturated carbocycles. The highest BCUT2D eigenvalue weighted by Crippen LogP contribution is 2.22. The molecule has 0 spiro atoms. The van der Waals surface area contributed by atoms with E-state index in [0.29, 0.717) is 17.9 Å². The highest BCUT2D eigenvalue weighted by Gasteiger charge is 2.17. The van der Waals surface area contributed by atoms with Crippen molar-refractivity contribution >= 4 is 15.9 Å². The fourth-order valence-electron chi connectivity index (χ4n) is 2.93. The number of nitrogens with one attached hydrogen (secondary N) is 2. The minimum absolute atomic E-state index is 0.0580. The molecular formula is C18H28N2O4S. The normalized spacial score (nSPS) is 15.8. The van der Waals surface area contributed by atoms with Gasteiger partial charge in [-0.1, -0.05) is 26.2 Å². The van der Waals surface area contributed by atoms with Crippen LogP contribution in [0.4, 0.5) is 0 Å². The molecule has 0 aromatic heterocycles. The second kappa shape index (κ2) is 9.20. The Morgan fingerprint density at radius 2 is 1.96 bits per heavy atom. The third kappa shape index (κ3) is 6.01. The Morgan fingerprint density at radius 1 is 1.24 bits per heavy atom. The van der Waals surface area contributed by atoms with Crippen LogP contribution in [0.5, 0.6) is 5.75 Å². The molecule has 0 saturated heterocycles. The van der Waals surface area contributed by atoms with Crippen LogP contribution < -0.4 is 14.8 Å². The summed E-state index contributed by atoms with van der Waals surface area (Å²) in [7, 11) is -3.50. The summed E-state index contributed by atoms with van der Waals surface area (Å²) < 4.78 is 32.3. The lowest BCUT2D eigenvalue weighted by Gasteiger charge is -2.22. The number of hydrogen-bond donors (Lipinski definition) is 2. The topological polar surface area (TPSA) is 84.5 Å². The van der Waals surface area contributed by atoms with Crippen molar-refractivity contribution in [1.82, 2.24) is 10.0 Å². The van der Waals surface area contributed by atoms with E-state index in [2.05, 4.69) is 10.0 Å². The lowest BCUT2D eigenvalue weighted by Crippen LogP contribution is -2.39. The molecule has 0 atom stereocenters. The number of carbonyl (C=O) groups is 1. The summed E-state index contributed by atoms with van der Waals surface area (Å²) in [5.74, 6) is 0.390. The average molecular weight is 368 g/mol. The predicted molar refractivity (Wildman–Crippen MR) is 97.2 cm³/mol. The van der Waals surface area contributed by atoms with E-state index in [0.717, 1.165) is 32.1 Å². The molecule has 7 heteroatoms. The summed E-state index contributed by atoms with van der Waals surface area (Å²) in [4.78, 5) is 12.2. The molecule has 2 N–H and O–H groups in total. The molecule has 1 fully saturated rings. The van der Waals surface area contributed by atoms with Crippen molar-refractivity contribution < 1.29 is 17.9 Å². The molecule has 25 heavy (non-hydrogen) atoms. The van der Waals surface area contributed by atoms with Crippen molar-refractivity contribution in [2.24, 2.45) is 0 Å². The number of hydrogen-bond acceptors (Lipinski definition) is 4. The standard InChI is InChI=1S/C18H28N2O4S/c1-3-11-19-25(22,23)16-9-10-17(14(2)12-16)24-13-18(21)20-15-7-5-4-6-8-15/h9-10,12,15,19H,3-8,11,13H2,1-2H3,(H,20,21). The summed E-state index contributed by atoms with van der Waals surface area (Å²) in [6.45, 7) is 4.02. The third-order valence-corrected chi connectivity index (χ3v) is 5.79. The molecule has 140 valence electrons. The Morgan fingerprint density at radius 3 is 2.60 bits per heavy atom. The Balaban J connectivity index is 1.91. The highest BCUT2D eigenvalue weighted by atomic mass is 32.2. The van der Waals surface area contributed by atoms with Gasteiger partial charge in [-0.05, 0) is 49.9 Å². The van der Waals surface area contributed by atoms with Crippen molar-refractivity contribution in [3.05, 3.63) is 23.8 Å². The first-order valence-electron chi connectivity index (χ1n) is 8.95. The average Bonchev–Trinajstić information content (AvgIpc) is 2.59. The van der Waals surface area contributed by atoms with E-state index in [-0.39, 0.29) is 23.5 Å². The lowest BCUT2D eigenvalue weighted by atomic mass is 9.95. The number of sulfonamides is 1. The fourth-order valence-corrected chi connectivity index (χ4v) is 4.15. The van der Waals surface area contributed by atoms with Gasteiger partial charge in [0.15, 0.2) is 6.61 Å². The van der Waals surface area contributed by atoms with E-state index in [1.54, 1.807) is 19.1 Å². The third-order valence-electron chi connectivity index (χ3n) is 4.33. The second-order valence-corrected chi connectivity index (χ2v) is 8.28. The van der Waals surface area contributed by atoms with E-state index in [4.69, 9.17) is 4.74 Å². The van der Waals surface area contributed by atoms with Crippen LogP contribution in [0.25, 0.3) is 0 Å². The van der Waals surface area contributed by atoms with Crippen molar-refractivity contribution in [2.45, 2.75) is 63.3 Å². The molecule has 0 heterocycles. The Bertz CT molecular complexity index is 682. The van der Waals surface area contributed by atoms with Crippen LogP contribution >= 0.6 is 0 Å². The zero-order chi connectivity index (χ0) is 18.3. The molecule has 1 amide bonds. The zero-order valence-electron chi connectivity index (χ0n) is 15.0. The number of amides is 1. The molecular weight excluding hydrogens is 340 g/mol. The van der Waals surface area contributed by atoms with Gasteiger partial charge in [0.2, 0.25) is 10.0 Å². The van der Waals surface area contributed by atoms with E-state index in [1.165, 1.54) is 12.5 Å². The smallest absolute Gasteiger partial charge is 0.258 e. The Kier molecular flexibility index (Phi) is 7.25. The Labute approximate surface area is 150 Å². The quantitative estimate of drug-likeness (QED) is 0.738. The zero-order valence-corrected chi connectivity index (χ0v) is 15.8. The predicted octanol–water partition coefficient (Wildman–Crippen LogP) is 2.51. The molecule has 1 aromatic rings. The van der Waals surface area contributed by atoms with Crippen molar-refractivity contribution in [3.63, 3.8) is 0 Å². The molecule has 1 aromatic carbocycles. The first kappa shape index (κ1) is 19.7. The van der Waals surface area contributed by atoms with Crippen LogP contribution in [0.2, 0.25) is 0 Å². The molecule has 2 rings (SSSR count). The van der Waals surface area contributed by atoms with E-state index < -0.39 is 10.0 Å². The van der Waals surface area contributed by atoms with Crippen molar-refractivity contribution in [2.75, 3.05) is 13.2 Å². The molecule has 0 unspecified atom stereocenters. The van der Waals surface area contributed by atoms with Gasteiger partial charge >= 0.3 is 0 Å². The summed E-state index contributed by atoms with van der Waals surface area (Å²) in [5.41, 5.74) is 0.685. The summed E-state index contributed by atoms with van der Waals surface area (Å²) in [6.07, 6.45) is 6.35. The number of carbonyl (C=O) groups excluding carboxylic acids is 1. The molecule has 0 aliphatic heterocycles. The second-order valence-electron chi connectivity index (χ2n) is 6.52. The van der Waals surface area contributed by atoms with Gasteiger partial charge in [-0.2, -0.15) is 0 Å². The van der Waals surface area contributed by atoms with Gasteiger partial charge in [-0.15, -0.1) is 0 Å². The highest BCUT2D eigenvalue weighted by molar-refractivity contribution is 7.89. The van der Waals surface area contributed by atoms with Crippen LogP contribution in [0.1, 0.15) is 51.0 Å². The molecule has 0 bridgehead atoms. The van der Waals surface area contributed by atoms with Gasteiger partial charge in [0.05, 0.1) is 4.90 Å². The molecule has 1 aliphatic carbocycles. The maximum absolute atomic E-state index is 12.1. The van der Waals surface area contributed by atoms with E-state index >= 15 is 0 Å². The first-order valence-corrected chi connectivity index (χ1v) is 10.4. The number of benzene rings is 1. The maximum atomic E-state index is 12.1. The van der Waals surface area contributed by atoms with E-state index in [1.807, 2.05) is 6.92 Å². The monoisotopic (exact) mass is 368 g/mol. The molecule has 1 aliphatic rings. The minimum Gasteiger partial charge on any atom is -0.484 e. The first-order chi connectivity index (χ1) is 11.9. The molecule has 0 radical (unpaired) electrons. The summed E-state index contributed by atoms with van der Waals surface area (Å²) >= 11 is 0. The van der Waals surface area contributed by atoms with Crippen LogP contribution in [0.15, 0.2) is 23.1 Å². The maximum Gasteiger partial charge on any atom is 0.258 e. The minimum atomic E-state index is -3.50. The van der Waals surface area contributed by atoms with Gasteiger partial charge in [-0.3, -0.25) is 4.79 Å². The van der Waals surface area contributed by atoms with Crippen LogP contribution in [0, 0.1) is 6.92 Å². The van der Waals surface area contributed by atoms with Gasteiger partial charge in [0, 0.05) is 12.6 Å². The summed E-state index contributed by atoms with van der Waals surface area (Å²) in [6, 6.07) is 4.92. The SMILES string of the molecule is CCCNS(=O)(=O)c1ccc(OCC(=O)NC2CCCCC2)c(C)c1. The van der Waals surface area contributed by atoms with Gasteiger partial charge < -0.3 is 10.1 Å². The summed E-state index contributed by atoms with van der Waals surface area (Å²) in [5, 5.41) is 3.00. The number of ether oxygens (including phenoxy) is 1. The number of aryl methyl sites for hydroxylation is 1. The molecule has 6 nitrogen and oxygen atoms in total. The van der Waals surface area contributed by atoms with Gasteiger partial charge in [0.1, 0.15) is 5.75 Å². The van der Waals surface area contributed by atoms with Gasteiger partial charge in [-0.25, -0.2) is 13.1 Å². The van der Waals surface area contributed by atoms with Crippen LogP contribution in [-0.2, 0) is 14.8 Å². The van der Waals surface area contributed by atoms with Gasteiger partial charge in [0.25, 0.3) is 5.91 Å². The van der Waals surface area contributed by atoms with E-state index in [9.17, 15) is 13.2 Å². The van der Waals surface area contributed by atoms with Crippen molar-refractivity contribution in [3.8, 4) is 5.75 Å². The van der Waals surface area contributed by atoms with Crippen molar-refractivity contribution in [1.29, 1.82) is 0 Å².